The summed E-state index contributed by atoms with van der Waals surface area (Å²) in [5, 5.41) is 4.35. The first-order valence-electron chi connectivity index (χ1n) is 5.31. The van der Waals surface area contributed by atoms with E-state index in [0.29, 0.717) is 12.8 Å². The van der Waals surface area contributed by atoms with Gasteiger partial charge in [0.25, 0.3) is 5.91 Å². The summed E-state index contributed by atoms with van der Waals surface area (Å²) >= 11 is 1.52. The smallest absolute Gasteiger partial charge is 0.264 e. The number of carbonyl (C=O) groups excluding carboxylic acids is 2. The SMILES string of the molecule is CCC1(Cc2cccs2)C(=O)N=C(N)NC1=O. The highest BCUT2D eigenvalue weighted by atomic mass is 32.1. The Labute approximate surface area is 103 Å². The first kappa shape index (κ1) is 11.8. The van der Waals surface area contributed by atoms with Crippen molar-refractivity contribution in [2.45, 2.75) is 19.8 Å². The van der Waals surface area contributed by atoms with Crippen LogP contribution in [0.5, 0.6) is 0 Å². The summed E-state index contributed by atoms with van der Waals surface area (Å²) in [4.78, 5) is 28.6. The first-order valence-corrected chi connectivity index (χ1v) is 6.19. The number of hydrogen-bond donors (Lipinski definition) is 2. The number of amides is 2. The zero-order chi connectivity index (χ0) is 12.5. The lowest BCUT2D eigenvalue weighted by Gasteiger charge is -2.30. The Bertz CT molecular complexity index is 481. The van der Waals surface area contributed by atoms with Gasteiger partial charge in [0.1, 0.15) is 5.41 Å². The Morgan fingerprint density at radius 1 is 1.53 bits per heavy atom. The molecule has 1 aliphatic heterocycles. The van der Waals surface area contributed by atoms with Crippen LogP contribution >= 0.6 is 11.3 Å². The molecule has 3 N–H and O–H groups in total. The lowest BCUT2D eigenvalue weighted by atomic mass is 9.78. The Hall–Kier alpha value is -1.69. The summed E-state index contributed by atoms with van der Waals surface area (Å²) in [6, 6.07) is 3.80. The maximum atomic E-state index is 12.0. The van der Waals surface area contributed by atoms with Crippen molar-refractivity contribution in [3.05, 3.63) is 22.4 Å². The number of thiophene rings is 1. The lowest BCUT2D eigenvalue weighted by molar-refractivity contribution is -0.142. The predicted molar refractivity (Wildman–Crippen MR) is 65.5 cm³/mol. The van der Waals surface area contributed by atoms with Crippen molar-refractivity contribution < 1.29 is 9.59 Å². The summed E-state index contributed by atoms with van der Waals surface area (Å²) in [5.41, 5.74) is 4.26. The van der Waals surface area contributed by atoms with Crippen molar-refractivity contribution in [3.63, 3.8) is 0 Å². The molecule has 0 saturated heterocycles. The summed E-state index contributed by atoms with van der Waals surface area (Å²) in [7, 11) is 0. The van der Waals surface area contributed by atoms with Crippen LogP contribution in [0.3, 0.4) is 0 Å². The summed E-state index contributed by atoms with van der Waals surface area (Å²) in [6.45, 7) is 1.81. The van der Waals surface area contributed by atoms with Crippen LogP contribution in [0.1, 0.15) is 18.2 Å². The average molecular weight is 251 g/mol. The van der Waals surface area contributed by atoms with Crippen molar-refractivity contribution in [1.82, 2.24) is 5.32 Å². The van der Waals surface area contributed by atoms with Crippen molar-refractivity contribution in [2.24, 2.45) is 16.1 Å². The molecule has 0 aromatic carbocycles. The Morgan fingerprint density at radius 2 is 2.29 bits per heavy atom. The molecule has 2 amide bonds. The number of guanidine groups is 1. The number of nitrogens with zero attached hydrogens (tertiary/aromatic N) is 1. The van der Waals surface area contributed by atoms with Gasteiger partial charge >= 0.3 is 0 Å². The van der Waals surface area contributed by atoms with Gasteiger partial charge in [0.2, 0.25) is 11.9 Å². The molecule has 1 unspecified atom stereocenters. The van der Waals surface area contributed by atoms with Crippen molar-refractivity contribution in [2.75, 3.05) is 0 Å². The molecule has 0 bridgehead atoms. The maximum absolute atomic E-state index is 12.0. The second-order valence-corrected chi connectivity index (χ2v) is 4.98. The van der Waals surface area contributed by atoms with E-state index in [2.05, 4.69) is 10.3 Å². The van der Waals surface area contributed by atoms with Gasteiger partial charge < -0.3 is 5.73 Å². The molecule has 17 heavy (non-hydrogen) atoms. The molecule has 0 saturated carbocycles. The number of hydrogen-bond acceptors (Lipinski definition) is 4. The molecule has 0 fully saturated rings. The molecule has 0 radical (unpaired) electrons. The van der Waals surface area contributed by atoms with Crippen LogP contribution in [0.2, 0.25) is 0 Å². The fourth-order valence-corrected chi connectivity index (χ4v) is 2.70. The molecule has 2 heterocycles. The van der Waals surface area contributed by atoms with E-state index in [1.165, 1.54) is 11.3 Å². The standard InChI is InChI=1S/C11H13N3O2S/c1-2-11(6-7-4-3-5-17-7)8(15)13-10(12)14-9(11)16/h3-5H,2,6H2,1H3,(H3,12,13,14,15,16). The van der Waals surface area contributed by atoms with Crippen LogP contribution in [-0.2, 0) is 16.0 Å². The third-order valence-corrected chi connectivity index (χ3v) is 3.84. The summed E-state index contributed by atoms with van der Waals surface area (Å²) in [6.07, 6.45) is 0.787. The Kier molecular flexibility index (Phi) is 2.97. The van der Waals surface area contributed by atoms with Gasteiger partial charge in [-0.1, -0.05) is 13.0 Å². The number of rotatable bonds is 3. The van der Waals surface area contributed by atoms with E-state index in [1.807, 2.05) is 24.4 Å². The van der Waals surface area contributed by atoms with E-state index in [4.69, 9.17) is 5.73 Å². The first-order chi connectivity index (χ1) is 8.08. The molecule has 5 nitrogen and oxygen atoms in total. The predicted octanol–water partition coefficient (Wildman–Crippen LogP) is 0.658. The largest absolute Gasteiger partial charge is 0.369 e. The number of aliphatic imine (C=N–C) groups is 1. The number of nitrogens with two attached hydrogens (primary N) is 1. The van der Waals surface area contributed by atoms with E-state index in [1.54, 1.807) is 0 Å². The number of carbonyl (C=O) groups is 2. The molecule has 6 heteroatoms. The summed E-state index contributed by atoms with van der Waals surface area (Å²) < 4.78 is 0. The third-order valence-electron chi connectivity index (χ3n) is 2.97. The van der Waals surface area contributed by atoms with Crippen molar-refractivity contribution >= 4 is 29.1 Å². The molecule has 0 spiro atoms. The van der Waals surface area contributed by atoms with Crippen molar-refractivity contribution in [1.29, 1.82) is 0 Å². The molecule has 1 aromatic rings. The van der Waals surface area contributed by atoms with Gasteiger partial charge in [-0.2, -0.15) is 4.99 Å². The minimum atomic E-state index is -1.10. The van der Waals surface area contributed by atoms with E-state index < -0.39 is 11.3 Å². The quantitative estimate of drug-likeness (QED) is 0.774. The molecule has 90 valence electrons. The average Bonchev–Trinajstić information content (AvgIpc) is 2.76. The fraction of sp³-hybridized carbons (Fsp3) is 0.364. The van der Waals surface area contributed by atoms with E-state index in [9.17, 15) is 9.59 Å². The van der Waals surface area contributed by atoms with Crippen LogP contribution < -0.4 is 11.1 Å². The molecular formula is C11H13N3O2S. The third kappa shape index (κ3) is 1.95. The highest BCUT2D eigenvalue weighted by molar-refractivity contribution is 7.09. The van der Waals surface area contributed by atoms with Gasteiger partial charge in [-0.15, -0.1) is 11.3 Å². The fourth-order valence-electron chi connectivity index (χ4n) is 1.88. The second kappa shape index (κ2) is 4.29. The van der Waals surface area contributed by atoms with Crippen LogP contribution in [0.25, 0.3) is 0 Å². The van der Waals surface area contributed by atoms with Crippen LogP contribution in [0.4, 0.5) is 0 Å². The van der Waals surface area contributed by atoms with Crippen LogP contribution in [0.15, 0.2) is 22.5 Å². The van der Waals surface area contributed by atoms with Gasteiger partial charge in [0.05, 0.1) is 0 Å². The topological polar surface area (TPSA) is 84.6 Å². The van der Waals surface area contributed by atoms with E-state index in [-0.39, 0.29) is 11.9 Å². The monoisotopic (exact) mass is 251 g/mol. The summed E-state index contributed by atoms with van der Waals surface area (Å²) in [5.74, 6) is -0.921. The van der Waals surface area contributed by atoms with Crippen LogP contribution in [0, 0.1) is 5.41 Å². The van der Waals surface area contributed by atoms with Gasteiger partial charge in [-0.25, -0.2) is 0 Å². The zero-order valence-corrected chi connectivity index (χ0v) is 10.2. The minimum absolute atomic E-state index is 0.116. The van der Waals surface area contributed by atoms with Gasteiger partial charge in [-0.3, -0.25) is 14.9 Å². The minimum Gasteiger partial charge on any atom is -0.369 e. The number of nitrogens with one attached hydrogen (secondary N) is 1. The molecule has 0 aliphatic carbocycles. The molecule has 2 rings (SSSR count). The molecule has 1 aromatic heterocycles. The zero-order valence-electron chi connectivity index (χ0n) is 9.40. The van der Waals surface area contributed by atoms with E-state index >= 15 is 0 Å². The Morgan fingerprint density at radius 3 is 2.82 bits per heavy atom. The van der Waals surface area contributed by atoms with Gasteiger partial charge in [0.15, 0.2) is 0 Å². The van der Waals surface area contributed by atoms with Gasteiger partial charge in [-0.05, 0) is 17.9 Å². The highest BCUT2D eigenvalue weighted by Crippen LogP contribution is 2.32. The van der Waals surface area contributed by atoms with Crippen LogP contribution in [-0.4, -0.2) is 17.8 Å². The van der Waals surface area contributed by atoms with Crippen molar-refractivity contribution in [3.8, 4) is 0 Å². The maximum Gasteiger partial charge on any atom is 0.264 e. The highest BCUT2D eigenvalue weighted by Gasteiger charge is 2.47. The van der Waals surface area contributed by atoms with Gasteiger partial charge in [0, 0.05) is 11.3 Å². The normalized spacial score (nSPS) is 24.4. The molecule has 1 atom stereocenters. The molecular weight excluding hydrogens is 238 g/mol. The lowest BCUT2D eigenvalue weighted by Crippen LogP contribution is -2.55. The van der Waals surface area contributed by atoms with E-state index in [0.717, 1.165) is 4.88 Å². The second-order valence-electron chi connectivity index (χ2n) is 3.95. The molecule has 1 aliphatic rings. The Balaban J connectivity index is 2.36.